The molecule has 0 spiro atoms. The molecule has 2 atom stereocenters. The van der Waals surface area contributed by atoms with Crippen LogP contribution in [-0.2, 0) is 4.74 Å². The Morgan fingerprint density at radius 3 is 2.71 bits per heavy atom. The second-order valence-corrected chi connectivity index (χ2v) is 8.03. The number of ether oxygens (including phenoxy) is 1. The fourth-order valence-electron chi connectivity index (χ4n) is 3.56. The Labute approximate surface area is 146 Å². The molecule has 1 fully saturated rings. The first-order valence-corrected chi connectivity index (χ1v) is 8.96. The van der Waals surface area contributed by atoms with Crippen LogP contribution >= 0.6 is 0 Å². The Morgan fingerprint density at radius 2 is 2.08 bits per heavy atom. The van der Waals surface area contributed by atoms with Crippen molar-refractivity contribution in [3.05, 3.63) is 34.9 Å². The largest absolute Gasteiger partial charge is 0.444 e. The minimum absolute atomic E-state index is 0.205. The summed E-state index contributed by atoms with van der Waals surface area (Å²) in [6.07, 6.45) is 1.91. The predicted octanol–water partition coefficient (Wildman–Crippen LogP) is 3.99. The number of piperidine rings is 1. The van der Waals surface area contributed by atoms with Gasteiger partial charge in [-0.15, -0.1) is 0 Å². The van der Waals surface area contributed by atoms with E-state index in [1.165, 1.54) is 16.7 Å². The van der Waals surface area contributed by atoms with E-state index in [1.807, 2.05) is 25.7 Å². The summed E-state index contributed by atoms with van der Waals surface area (Å²) >= 11 is 0. The highest BCUT2D eigenvalue weighted by molar-refractivity contribution is 5.68. The highest BCUT2D eigenvalue weighted by atomic mass is 16.6. The molecule has 1 aromatic rings. The summed E-state index contributed by atoms with van der Waals surface area (Å²) in [7, 11) is 0. The number of hydrogen-bond donors (Lipinski definition) is 1. The number of benzene rings is 1. The first-order chi connectivity index (χ1) is 11.2. The van der Waals surface area contributed by atoms with Gasteiger partial charge in [0.25, 0.3) is 0 Å². The number of amides is 1. The first kappa shape index (κ1) is 18.8. The Kier molecular flexibility index (Phi) is 5.92. The fraction of sp³-hybridized carbons (Fsp3) is 0.650. The van der Waals surface area contributed by atoms with Gasteiger partial charge in [0.1, 0.15) is 5.60 Å². The molecule has 2 rings (SSSR count). The second-order valence-electron chi connectivity index (χ2n) is 8.03. The van der Waals surface area contributed by atoms with Gasteiger partial charge in [0, 0.05) is 19.0 Å². The molecule has 1 saturated heterocycles. The lowest BCUT2D eigenvalue weighted by Gasteiger charge is -2.38. The molecule has 0 radical (unpaired) electrons. The molecule has 2 unspecified atom stereocenters. The fourth-order valence-corrected chi connectivity index (χ4v) is 3.56. The molecule has 0 aliphatic carbocycles. The van der Waals surface area contributed by atoms with Crippen molar-refractivity contribution in [3.63, 3.8) is 0 Å². The summed E-state index contributed by atoms with van der Waals surface area (Å²) in [6.45, 7) is 12.1. The van der Waals surface area contributed by atoms with Gasteiger partial charge >= 0.3 is 6.09 Å². The van der Waals surface area contributed by atoms with Crippen LogP contribution in [0, 0.1) is 19.8 Å². The van der Waals surface area contributed by atoms with Gasteiger partial charge in [-0.1, -0.05) is 23.8 Å². The first-order valence-electron chi connectivity index (χ1n) is 8.96. The number of hydrogen-bond acceptors (Lipinski definition) is 3. The summed E-state index contributed by atoms with van der Waals surface area (Å²) in [5, 5.41) is 0. The van der Waals surface area contributed by atoms with Crippen molar-refractivity contribution >= 4 is 6.09 Å². The molecule has 1 amide bonds. The van der Waals surface area contributed by atoms with Crippen molar-refractivity contribution < 1.29 is 9.53 Å². The monoisotopic (exact) mass is 332 g/mol. The van der Waals surface area contributed by atoms with Gasteiger partial charge in [-0.3, -0.25) is 0 Å². The summed E-state index contributed by atoms with van der Waals surface area (Å²) in [4.78, 5) is 14.3. The molecule has 2 N–H and O–H groups in total. The maximum Gasteiger partial charge on any atom is 0.410 e. The van der Waals surface area contributed by atoms with E-state index in [0.29, 0.717) is 12.5 Å². The Morgan fingerprint density at radius 1 is 1.38 bits per heavy atom. The van der Waals surface area contributed by atoms with Crippen LogP contribution in [0.1, 0.15) is 56.2 Å². The lowest BCUT2D eigenvalue weighted by Crippen LogP contribution is -2.45. The van der Waals surface area contributed by atoms with E-state index in [4.69, 9.17) is 10.5 Å². The third-order valence-electron chi connectivity index (χ3n) is 4.77. The van der Waals surface area contributed by atoms with E-state index in [9.17, 15) is 4.79 Å². The second kappa shape index (κ2) is 7.56. The van der Waals surface area contributed by atoms with E-state index in [0.717, 1.165) is 25.9 Å². The molecule has 4 heteroatoms. The Hall–Kier alpha value is -1.55. The normalized spacial score (nSPS) is 19.9. The third kappa shape index (κ3) is 4.73. The maximum absolute atomic E-state index is 12.4. The van der Waals surface area contributed by atoms with Gasteiger partial charge in [0.2, 0.25) is 0 Å². The number of aryl methyl sites for hydroxylation is 2. The quantitative estimate of drug-likeness (QED) is 0.910. The molecule has 0 aromatic heterocycles. The van der Waals surface area contributed by atoms with Crippen molar-refractivity contribution in [2.75, 3.05) is 19.6 Å². The molecule has 1 heterocycles. The van der Waals surface area contributed by atoms with Gasteiger partial charge < -0.3 is 15.4 Å². The number of carbonyl (C=O) groups is 1. The predicted molar refractivity (Wildman–Crippen MR) is 98.2 cm³/mol. The van der Waals surface area contributed by atoms with Crippen molar-refractivity contribution in [3.8, 4) is 0 Å². The number of nitrogens with two attached hydrogens (primary N) is 1. The lowest BCUT2D eigenvalue weighted by atomic mass is 9.79. The smallest absolute Gasteiger partial charge is 0.410 e. The van der Waals surface area contributed by atoms with Crippen molar-refractivity contribution in [2.24, 2.45) is 11.7 Å². The molecule has 1 aromatic carbocycles. The molecule has 0 saturated carbocycles. The number of rotatable bonds is 3. The van der Waals surface area contributed by atoms with E-state index < -0.39 is 5.60 Å². The Bertz CT molecular complexity index is 577. The van der Waals surface area contributed by atoms with Crippen LogP contribution in [0.4, 0.5) is 4.79 Å². The molecule has 134 valence electrons. The SMILES string of the molecule is Cc1ccc(C)c(C(CN)C2CCCN(C(=O)OC(C)(C)C)C2)c1. The van der Waals surface area contributed by atoms with E-state index >= 15 is 0 Å². The molecular formula is C20H32N2O2. The van der Waals surface area contributed by atoms with Gasteiger partial charge in [-0.05, 0) is 71.0 Å². The zero-order valence-corrected chi connectivity index (χ0v) is 15.8. The zero-order valence-electron chi connectivity index (χ0n) is 15.8. The number of carbonyl (C=O) groups excluding carboxylic acids is 1. The molecule has 1 aliphatic heterocycles. The summed E-state index contributed by atoms with van der Waals surface area (Å²) in [6, 6.07) is 6.56. The molecule has 4 nitrogen and oxygen atoms in total. The minimum atomic E-state index is -0.454. The van der Waals surface area contributed by atoms with Crippen LogP contribution in [0.5, 0.6) is 0 Å². The molecular weight excluding hydrogens is 300 g/mol. The van der Waals surface area contributed by atoms with Crippen LogP contribution in [0.15, 0.2) is 18.2 Å². The summed E-state index contributed by atoms with van der Waals surface area (Å²) < 4.78 is 5.54. The van der Waals surface area contributed by atoms with Crippen LogP contribution in [0.2, 0.25) is 0 Å². The van der Waals surface area contributed by atoms with Crippen LogP contribution in [-0.4, -0.2) is 36.2 Å². The molecule has 0 bridgehead atoms. The van der Waals surface area contributed by atoms with Gasteiger partial charge in [0.05, 0.1) is 0 Å². The molecule has 1 aliphatic rings. The van der Waals surface area contributed by atoms with Gasteiger partial charge in [-0.2, -0.15) is 0 Å². The van der Waals surface area contributed by atoms with E-state index in [-0.39, 0.29) is 12.0 Å². The van der Waals surface area contributed by atoms with E-state index in [1.54, 1.807) is 0 Å². The number of nitrogens with zero attached hydrogens (tertiary/aromatic N) is 1. The summed E-state index contributed by atoms with van der Waals surface area (Å²) in [5.74, 6) is 0.673. The average molecular weight is 332 g/mol. The van der Waals surface area contributed by atoms with Gasteiger partial charge in [-0.25, -0.2) is 4.79 Å². The van der Waals surface area contributed by atoms with Crippen molar-refractivity contribution in [2.45, 2.75) is 59.0 Å². The average Bonchev–Trinajstić information content (AvgIpc) is 2.50. The minimum Gasteiger partial charge on any atom is -0.444 e. The highest BCUT2D eigenvalue weighted by Crippen LogP contribution is 2.33. The van der Waals surface area contributed by atoms with Crippen LogP contribution in [0.3, 0.4) is 0 Å². The molecule has 24 heavy (non-hydrogen) atoms. The topological polar surface area (TPSA) is 55.6 Å². The number of likely N-dealkylation sites (tertiary alicyclic amines) is 1. The van der Waals surface area contributed by atoms with Crippen molar-refractivity contribution in [1.29, 1.82) is 0 Å². The standard InChI is InChI=1S/C20H32N2O2/c1-14-8-9-15(2)17(11-14)18(12-21)16-7-6-10-22(13-16)19(23)24-20(3,4)5/h8-9,11,16,18H,6-7,10,12-13,21H2,1-5H3. The zero-order chi connectivity index (χ0) is 17.9. The van der Waals surface area contributed by atoms with Gasteiger partial charge in [0.15, 0.2) is 0 Å². The Balaban J connectivity index is 2.14. The summed E-state index contributed by atoms with van der Waals surface area (Å²) in [5.41, 5.74) is 9.56. The van der Waals surface area contributed by atoms with Crippen molar-refractivity contribution in [1.82, 2.24) is 4.90 Å². The lowest BCUT2D eigenvalue weighted by molar-refractivity contribution is 0.0152. The van der Waals surface area contributed by atoms with Crippen LogP contribution < -0.4 is 5.73 Å². The van der Waals surface area contributed by atoms with Crippen LogP contribution in [0.25, 0.3) is 0 Å². The third-order valence-corrected chi connectivity index (χ3v) is 4.77. The van der Waals surface area contributed by atoms with E-state index in [2.05, 4.69) is 32.0 Å². The highest BCUT2D eigenvalue weighted by Gasteiger charge is 2.32. The maximum atomic E-state index is 12.4.